The van der Waals surface area contributed by atoms with Crippen molar-refractivity contribution < 1.29 is 32.3 Å². The molecule has 2 heterocycles. The maximum absolute atomic E-state index is 13.4. The number of nitrogens with zero attached hydrogens (tertiary/aromatic N) is 2. The Labute approximate surface area is 195 Å². The molecule has 3 aliphatic rings. The number of fused-ring (bicyclic) bond motifs is 1. The first-order valence-corrected chi connectivity index (χ1v) is 11.4. The van der Waals surface area contributed by atoms with E-state index >= 15 is 0 Å². The summed E-state index contributed by atoms with van der Waals surface area (Å²) >= 11 is 0. The zero-order valence-corrected chi connectivity index (χ0v) is 19.4. The van der Waals surface area contributed by atoms with E-state index < -0.39 is 53.4 Å². The zero-order chi connectivity index (χ0) is 25.4. The third-order valence-corrected chi connectivity index (χ3v) is 7.00. The number of halogens is 3. The Morgan fingerprint density at radius 3 is 2.32 bits per heavy atom. The van der Waals surface area contributed by atoms with Crippen molar-refractivity contribution in [2.24, 2.45) is 23.2 Å². The number of nitrogens with one attached hydrogen (secondary N) is 3. The average molecular weight is 486 g/mol. The molecule has 2 aliphatic heterocycles. The van der Waals surface area contributed by atoms with Crippen LogP contribution in [0.2, 0.25) is 0 Å². The number of amides is 4. The summed E-state index contributed by atoms with van der Waals surface area (Å²) in [5.41, 5.74) is -1.05. The Balaban J connectivity index is 1.77. The molecule has 6 atom stereocenters. The molecule has 1 saturated carbocycles. The van der Waals surface area contributed by atoms with E-state index in [0.717, 1.165) is 6.42 Å². The minimum absolute atomic E-state index is 0.0276. The van der Waals surface area contributed by atoms with Crippen molar-refractivity contribution in [1.29, 1.82) is 5.26 Å². The highest BCUT2D eigenvalue weighted by Gasteiger charge is 2.54. The van der Waals surface area contributed by atoms with E-state index in [0.29, 0.717) is 19.4 Å². The van der Waals surface area contributed by atoms with Crippen molar-refractivity contribution in [3.05, 3.63) is 0 Å². The van der Waals surface area contributed by atoms with Crippen LogP contribution in [0.5, 0.6) is 0 Å². The van der Waals surface area contributed by atoms with Crippen molar-refractivity contribution in [3.8, 4) is 6.07 Å². The molecule has 34 heavy (non-hydrogen) atoms. The van der Waals surface area contributed by atoms with Gasteiger partial charge in [-0.25, -0.2) is 0 Å². The third kappa shape index (κ3) is 5.28. The van der Waals surface area contributed by atoms with Crippen molar-refractivity contribution >= 4 is 23.6 Å². The van der Waals surface area contributed by atoms with Gasteiger partial charge < -0.3 is 20.9 Å². The van der Waals surface area contributed by atoms with Crippen molar-refractivity contribution in [2.75, 3.05) is 13.1 Å². The highest BCUT2D eigenvalue weighted by Crippen LogP contribution is 2.45. The monoisotopic (exact) mass is 485 g/mol. The third-order valence-electron chi connectivity index (χ3n) is 7.00. The Morgan fingerprint density at radius 2 is 1.85 bits per heavy atom. The van der Waals surface area contributed by atoms with Crippen LogP contribution >= 0.6 is 0 Å². The van der Waals surface area contributed by atoms with Crippen LogP contribution in [0, 0.1) is 34.5 Å². The normalized spacial score (nSPS) is 28.1. The van der Waals surface area contributed by atoms with Gasteiger partial charge >= 0.3 is 12.1 Å². The largest absolute Gasteiger partial charge is 0.471 e. The molecule has 9 nitrogen and oxygen atoms in total. The fourth-order valence-corrected chi connectivity index (χ4v) is 4.98. The van der Waals surface area contributed by atoms with Crippen LogP contribution < -0.4 is 16.0 Å². The molecule has 0 bridgehead atoms. The lowest BCUT2D eigenvalue weighted by Crippen LogP contribution is -2.60. The van der Waals surface area contributed by atoms with Gasteiger partial charge in [0.15, 0.2) is 0 Å². The Morgan fingerprint density at radius 1 is 1.18 bits per heavy atom. The number of likely N-dealkylation sites (tertiary alicyclic amines) is 1. The molecule has 3 fully saturated rings. The van der Waals surface area contributed by atoms with Crippen LogP contribution in [0.1, 0.15) is 46.5 Å². The lowest BCUT2D eigenvalue weighted by atomic mass is 9.73. The first kappa shape index (κ1) is 25.8. The quantitative estimate of drug-likeness (QED) is 0.513. The van der Waals surface area contributed by atoms with Crippen LogP contribution in [0.25, 0.3) is 0 Å². The van der Waals surface area contributed by atoms with E-state index in [2.05, 4.69) is 10.6 Å². The standard InChI is InChI=1S/C22H30F3N5O4/c1-21(2,3)16(29-20(34)22(23,24)25)19(33)30-10-12-4-5-14(12)15(30)18(32)28-13(9-26)8-11-6-7-27-17(11)31/h11-16H,4-8,10H2,1-3H3,(H,27,31)(H,28,32)(H,29,34)/t11-,12-,13-,14?,15-,16+/m0/s1. The van der Waals surface area contributed by atoms with Gasteiger partial charge in [-0.3, -0.25) is 19.2 Å². The second-order valence-electron chi connectivity index (χ2n) is 10.4. The molecule has 12 heteroatoms. The van der Waals surface area contributed by atoms with Gasteiger partial charge in [-0.2, -0.15) is 18.4 Å². The van der Waals surface area contributed by atoms with Crippen molar-refractivity contribution in [3.63, 3.8) is 0 Å². The summed E-state index contributed by atoms with van der Waals surface area (Å²) in [6.07, 6.45) is -3.02. The van der Waals surface area contributed by atoms with E-state index in [1.165, 1.54) is 25.7 Å². The molecule has 3 N–H and O–H groups in total. The number of carbonyl (C=O) groups excluding carboxylic acids is 4. The Kier molecular flexibility index (Phi) is 7.15. The molecule has 188 valence electrons. The summed E-state index contributed by atoms with van der Waals surface area (Å²) in [6, 6.07) is -1.41. The first-order chi connectivity index (χ1) is 15.7. The maximum Gasteiger partial charge on any atom is 0.471 e. The topological polar surface area (TPSA) is 131 Å². The summed E-state index contributed by atoms with van der Waals surface area (Å²) in [5.74, 6) is -4.27. The van der Waals surface area contributed by atoms with Gasteiger partial charge in [-0.05, 0) is 42.9 Å². The Hall–Kier alpha value is -2.84. The van der Waals surface area contributed by atoms with Gasteiger partial charge in [-0.1, -0.05) is 20.8 Å². The molecule has 1 unspecified atom stereocenters. The van der Waals surface area contributed by atoms with E-state index in [4.69, 9.17) is 0 Å². The molecule has 3 rings (SSSR count). The number of alkyl halides is 3. The van der Waals surface area contributed by atoms with Crippen LogP contribution in [0.15, 0.2) is 0 Å². The molecular weight excluding hydrogens is 455 g/mol. The summed E-state index contributed by atoms with van der Waals surface area (Å²) < 4.78 is 38.7. The van der Waals surface area contributed by atoms with Gasteiger partial charge in [0.1, 0.15) is 18.1 Å². The van der Waals surface area contributed by atoms with E-state index in [1.807, 2.05) is 6.07 Å². The van der Waals surface area contributed by atoms with Gasteiger partial charge in [0, 0.05) is 19.0 Å². The van der Waals surface area contributed by atoms with Gasteiger partial charge in [0.05, 0.1) is 6.07 Å². The minimum Gasteiger partial charge on any atom is -0.356 e. The molecule has 0 radical (unpaired) electrons. The number of hydrogen-bond donors (Lipinski definition) is 3. The van der Waals surface area contributed by atoms with Gasteiger partial charge in [-0.15, -0.1) is 0 Å². The summed E-state index contributed by atoms with van der Waals surface area (Å²) in [7, 11) is 0. The second-order valence-corrected chi connectivity index (χ2v) is 10.4. The number of hydrogen-bond acceptors (Lipinski definition) is 5. The minimum atomic E-state index is -5.16. The Bertz CT molecular complexity index is 894. The van der Waals surface area contributed by atoms with Crippen LogP contribution in [0.3, 0.4) is 0 Å². The van der Waals surface area contributed by atoms with Crippen molar-refractivity contribution in [2.45, 2.75) is 70.8 Å². The maximum atomic E-state index is 13.4. The molecule has 2 saturated heterocycles. The number of carbonyl (C=O) groups is 4. The summed E-state index contributed by atoms with van der Waals surface area (Å²) in [4.78, 5) is 51.3. The second kappa shape index (κ2) is 9.43. The van der Waals surface area contributed by atoms with Crippen molar-refractivity contribution in [1.82, 2.24) is 20.9 Å². The lowest BCUT2D eigenvalue weighted by Gasteiger charge is -2.37. The van der Waals surface area contributed by atoms with Crippen LogP contribution in [-0.4, -0.2) is 65.9 Å². The van der Waals surface area contributed by atoms with E-state index in [9.17, 15) is 37.6 Å². The lowest BCUT2D eigenvalue weighted by molar-refractivity contribution is -0.176. The average Bonchev–Trinajstić information content (AvgIpc) is 3.23. The highest BCUT2D eigenvalue weighted by molar-refractivity contribution is 5.94. The number of nitriles is 1. The molecule has 0 spiro atoms. The molecular formula is C22H30F3N5O4. The highest BCUT2D eigenvalue weighted by atomic mass is 19.4. The first-order valence-electron chi connectivity index (χ1n) is 11.4. The molecule has 0 aromatic heterocycles. The van der Waals surface area contributed by atoms with Crippen LogP contribution in [0.4, 0.5) is 13.2 Å². The smallest absolute Gasteiger partial charge is 0.356 e. The molecule has 0 aromatic carbocycles. The zero-order valence-electron chi connectivity index (χ0n) is 19.4. The summed E-state index contributed by atoms with van der Waals surface area (Å²) in [5, 5.41) is 16.6. The van der Waals surface area contributed by atoms with E-state index in [-0.39, 0.29) is 30.7 Å². The van der Waals surface area contributed by atoms with Gasteiger partial charge in [0.2, 0.25) is 17.7 Å². The van der Waals surface area contributed by atoms with E-state index in [1.54, 1.807) is 5.32 Å². The number of rotatable bonds is 6. The molecule has 4 amide bonds. The van der Waals surface area contributed by atoms with Gasteiger partial charge in [0.25, 0.3) is 0 Å². The summed E-state index contributed by atoms with van der Waals surface area (Å²) in [6.45, 7) is 5.29. The SMILES string of the molecule is CC(C)(C)[C@H](NC(=O)C(F)(F)F)C(=O)N1C[C@@H]2CCC2[C@H]1C(=O)N[C@H](C#N)C[C@@H]1CCNC1=O. The predicted molar refractivity (Wildman–Crippen MR) is 112 cm³/mol. The molecule has 0 aromatic rings. The van der Waals surface area contributed by atoms with Crippen LogP contribution in [-0.2, 0) is 19.2 Å². The predicted octanol–water partition coefficient (Wildman–Crippen LogP) is 0.851. The fraction of sp³-hybridized carbons (Fsp3) is 0.773. The fourth-order valence-electron chi connectivity index (χ4n) is 4.98. The molecule has 1 aliphatic carbocycles.